The van der Waals surface area contributed by atoms with E-state index in [1.807, 2.05) is 36.4 Å². The summed E-state index contributed by atoms with van der Waals surface area (Å²) < 4.78 is 5.11. The maximum atomic E-state index is 12.3. The number of hydrogen-bond acceptors (Lipinski definition) is 4. The number of hydrogen-bond donors (Lipinski definition) is 2. The highest BCUT2D eigenvalue weighted by molar-refractivity contribution is 6.17. The fourth-order valence-electron chi connectivity index (χ4n) is 2.64. The molecule has 0 aromatic heterocycles. The average molecular weight is 325 g/mol. The minimum Gasteiger partial charge on any atom is -0.508 e. The predicted molar refractivity (Wildman–Crippen MR) is 95.5 cm³/mol. The molecule has 0 heterocycles. The van der Waals surface area contributed by atoms with Gasteiger partial charge in [0.2, 0.25) is 0 Å². The van der Waals surface area contributed by atoms with Gasteiger partial charge in [-0.05, 0) is 61.6 Å². The van der Waals surface area contributed by atoms with Gasteiger partial charge in [0.1, 0.15) is 5.75 Å². The fraction of sp³-hybridized carbons (Fsp3) is 0.250. The molecule has 2 aromatic carbocycles. The fourth-order valence-corrected chi connectivity index (χ4v) is 2.64. The molecule has 0 aliphatic rings. The highest BCUT2D eigenvalue weighted by atomic mass is 16.5. The summed E-state index contributed by atoms with van der Waals surface area (Å²) in [4.78, 5) is 12.3. The molecule has 0 aliphatic heterocycles. The van der Waals surface area contributed by atoms with Crippen LogP contribution in [-0.2, 0) is 16.0 Å². The van der Waals surface area contributed by atoms with Crippen LogP contribution in [-0.4, -0.2) is 17.7 Å². The van der Waals surface area contributed by atoms with Gasteiger partial charge in [-0.25, -0.2) is 4.79 Å². The Bertz CT molecular complexity index is 760. The van der Waals surface area contributed by atoms with Gasteiger partial charge in [-0.2, -0.15) is 0 Å². The molecule has 0 saturated heterocycles. The second-order valence-corrected chi connectivity index (χ2v) is 5.73. The lowest BCUT2D eigenvalue weighted by molar-refractivity contribution is -0.136. The smallest absolute Gasteiger partial charge is 0.340 e. The molecule has 2 rings (SSSR count). The van der Waals surface area contributed by atoms with E-state index in [0.29, 0.717) is 28.8 Å². The first-order valence-corrected chi connectivity index (χ1v) is 7.94. The molecule has 4 nitrogen and oxygen atoms in total. The van der Waals surface area contributed by atoms with Gasteiger partial charge in [-0.1, -0.05) is 30.3 Å². The number of allylic oxidation sites excluding steroid dienone is 1. The number of phenolic OH excluding ortho intramolecular Hbond substituents is 1. The lowest BCUT2D eigenvalue weighted by Crippen LogP contribution is -2.13. The molecule has 0 bridgehead atoms. The van der Waals surface area contributed by atoms with Crippen molar-refractivity contribution in [3.05, 3.63) is 70.4 Å². The number of aromatic hydroxyl groups is 1. The Balaban J connectivity index is 2.49. The molecule has 3 N–H and O–H groups in total. The van der Waals surface area contributed by atoms with Crippen molar-refractivity contribution < 1.29 is 14.6 Å². The van der Waals surface area contributed by atoms with Crippen molar-refractivity contribution in [1.29, 1.82) is 0 Å². The van der Waals surface area contributed by atoms with Crippen LogP contribution >= 0.6 is 0 Å². The number of ether oxygens (including phenoxy) is 1. The van der Waals surface area contributed by atoms with Crippen LogP contribution in [0.2, 0.25) is 0 Å². The van der Waals surface area contributed by atoms with Gasteiger partial charge < -0.3 is 15.6 Å². The van der Waals surface area contributed by atoms with E-state index < -0.39 is 5.97 Å². The molecule has 0 saturated carbocycles. The lowest BCUT2D eigenvalue weighted by atomic mass is 9.93. The molecule has 0 fully saturated rings. The number of carbonyl (C=O) groups is 1. The number of phenols is 1. The van der Waals surface area contributed by atoms with Crippen LogP contribution in [0.4, 0.5) is 0 Å². The quantitative estimate of drug-likeness (QED) is 0.651. The molecule has 2 aromatic rings. The number of esters is 1. The lowest BCUT2D eigenvalue weighted by Gasteiger charge is -2.15. The maximum Gasteiger partial charge on any atom is 0.340 e. The van der Waals surface area contributed by atoms with E-state index in [2.05, 4.69) is 0 Å². The summed E-state index contributed by atoms with van der Waals surface area (Å²) in [5, 5.41) is 10.3. The van der Waals surface area contributed by atoms with Crippen molar-refractivity contribution in [3.63, 3.8) is 0 Å². The van der Waals surface area contributed by atoms with E-state index in [9.17, 15) is 9.90 Å². The highest BCUT2D eigenvalue weighted by Crippen LogP contribution is 2.30. The van der Waals surface area contributed by atoms with E-state index in [4.69, 9.17) is 10.5 Å². The third-order valence-electron chi connectivity index (χ3n) is 3.83. The van der Waals surface area contributed by atoms with Crippen LogP contribution in [0.1, 0.15) is 36.1 Å². The predicted octanol–water partition coefficient (Wildman–Crippen LogP) is 3.54. The molecule has 4 heteroatoms. The molecule has 0 unspecified atom stereocenters. The monoisotopic (exact) mass is 325 g/mol. The molecule has 0 amide bonds. The average Bonchev–Trinajstić information content (AvgIpc) is 2.53. The van der Waals surface area contributed by atoms with Crippen molar-refractivity contribution in [3.8, 4) is 5.75 Å². The van der Waals surface area contributed by atoms with Crippen LogP contribution in [0.5, 0.6) is 5.75 Å². The van der Waals surface area contributed by atoms with Gasteiger partial charge in [-0.3, -0.25) is 0 Å². The van der Waals surface area contributed by atoms with Crippen LogP contribution in [0.15, 0.2) is 48.2 Å². The zero-order valence-corrected chi connectivity index (χ0v) is 14.3. The summed E-state index contributed by atoms with van der Waals surface area (Å²) in [6.07, 6.45) is 0.654. The van der Waals surface area contributed by atoms with E-state index in [1.54, 1.807) is 26.8 Å². The van der Waals surface area contributed by atoms with Gasteiger partial charge in [0.25, 0.3) is 0 Å². The first-order valence-electron chi connectivity index (χ1n) is 7.94. The Hall–Kier alpha value is -2.75. The van der Waals surface area contributed by atoms with E-state index >= 15 is 0 Å². The molecule has 0 atom stereocenters. The van der Waals surface area contributed by atoms with Gasteiger partial charge in [0, 0.05) is 5.70 Å². The van der Waals surface area contributed by atoms with Crippen molar-refractivity contribution in [1.82, 2.24) is 0 Å². The Morgan fingerprint density at radius 3 is 2.42 bits per heavy atom. The summed E-state index contributed by atoms with van der Waals surface area (Å²) in [5.74, 6) is -0.335. The Labute approximate surface area is 142 Å². The van der Waals surface area contributed by atoms with Crippen molar-refractivity contribution in [2.75, 3.05) is 6.61 Å². The Morgan fingerprint density at radius 1 is 1.17 bits per heavy atom. The SMILES string of the molecule is CCOC(=O)/C(=C(/C)N)c1cc(Cc2ccccc2)cc(O)c1C. The second kappa shape index (κ2) is 7.68. The molecule has 0 aliphatic carbocycles. The summed E-state index contributed by atoms with van der Waals surface area (Å²) in [6.45, 7) is 5.44. The van der Waals surface area contributed by atoms with Crippen LogP contribution in [0, 0.1) is 6.92 Å². The third-order valence-corrected chi connectivity index (χ3v) is 3.83. The number of nitrogens with two attached hydrogens (primary N) is 1. The first-order chi connectivity index (χ1) is 11.4. The maximum absolute atomic E-state index is 12.3. The van der Waals surface area contributed by atoms with Crippen molar-refractivity contribution in [2.24, 2.45) is 5.73 Å². The van der Waals surface area contributed by atoms with Gasteiger partial charge in [-0.15, -0.1) is 0 Å². The normalized spacial score (nSPS) is 11.8. The standard InChI is InChI=1S/C20H23NO3/c1-4-24-20(23)19(14(3)21)17-11-16(12-18(22)13(17)2)10-15-8-6-5-7-9-15/h5-9,11-12,22H,4,10,21H2,1-3H3/b19-14-. The number of carbonyl (C=O) groups excluding carboxylic acids is 1. The van der Waals surface area contributed by atoms with Crippen LogP contribution in [0.25, 0.3) is 5.57 Å². The zero-order chi connectivity index (χ0) is 17.7. The van der Waals surface area contributed by atoms with Crippen LogP contribution in [0.3, 0.4) is 0 Å². The van der Waals surface area contributed by atoms with Crippen molar-refractivity contribution >= 4 is 11.5 Å². The second-order valence-electron chi connectivity index (χ2n) is 5.73. The largest absolute Gasteiger partial charge is 0.508 e. The van der Waals surface area contributed by atoms with Gasteiger partial charge in [0.05, 0.1) is 12.2 Å². The van der Waals surface area contributed by atoms with E-state index in [0.717, 1.165) is 11.1 Å². The number of rotatable bonds is 5. The summed E-state index contributed by atoms with van der Waals surface area (Å²) >= 11 is 0. The summed E-state index contributed by atoms with van der Waals surface area (Å²) in [6, 6.07) is 13.6. The molecule has 24 heavy (non-hydrogen) atoms. The number of benzene rings is 2. The van der Waals surface area contributed by atoms with Gasteiger partial charge in [0.15, 0.2) is 0 Å². The van der Waals surface area contributed by atoms with E-state index in [-0.39, 0.29) is 12.4 Å². The molecular weight excluding hydrogens is 302 g/mol. The highest BCUT2D eigenvalue weighted by Gasteiger charge is 2.20. The third kappa shape index (κ3) is 3.96. The Morgan fingerprint density at radius 2 is 1.83 bits per heavy atom. The van der Waals surface area contributed by atoms with Crippen LogP contribution < -0.4 is 5.73 Å². The summed E-state index contributed by atoms with van der Waals surface area (Å²) in [5.41, 5.74) is 9.84. The first kappa shape index (κ1) is 17.6. The van der Waals surface area contributed by atoms with E-state index in [1.165, 1.54) is 0 Å². The van der Waals surface area contributed by atoms with Gasteiger partial charge >= 0.3 is 5.97 Å². The molecule has 126 valence electrons. The zero-order valence-electron chi connectivity index (χ0n) is 14.3. The Kier molecular flexibility index (Phi) is 5.64. The summed E-state index contributed by atoms with van der Waals surface area (Å²) in [7, 11) is 0. The minimum absolute atomic E-state index is 0.140. The molecule has 0 spiro atoms. The molecule has 0 radical (unpaired) electrons. The molecular formula is C20H23NO3. The topological polar surface area (TPSA) is 72.5 Å². The van der Waals surface area contributed by atoms with Crippen molar-refractivity contribution in [2.45, 2.75) is 27.2 Å². The minimum atomic E-state index is -0.475.